The number of methoxy groups -OCH3 is 1. The number of carbonyl (C=O) groups is 1. The predicted octanol–water partition coefficient (Wildman–Crippen LogP) is 2.96. The van der Waals surface area contributed by atoms with Gasteiger partial charge < -0.3 is 14.4 Å². The third-order valence-corrected chi connectivity index (χ3v) is 4.92. The van der Waals surface area contributed by atoms with Gasteiger partial charge in [-0.3, -0.25) is 19.8 Å². The molecule has 1 amide bonds. The van der Waals surface area contributed by atoms with Crippen LogP contribution in [0.3, 0.4) is 0 Å². The lowest BCUT2D eigenvalue weighted by atomic mass is 10.1. The number of carbonyl (C=O) groups excluding carboxylic acids is 1. The van der Waals surface area contributed by atoms with E-state index in [4.69, 9.17) is 9.47 Å². The molecule has 1 heterocycles. The first-order chi connectivity index (χ1) is 14.0. The van der Waals surface area contributed by atoms with Crippen LogP contribution in [0.5, 0.6) is 11.5 Å². The van der Waals surface area contributed by atoms with E-state index < -0.39 is 4.92 Å². The van der Waals surface area contributed by atoms with Crippen LogP contribution in [0.1, 0.15) is 22.8 Å². The van der Waals surface area contributed by atoms with E-state index in [1.165, 1.54) is 24.3 Å². The first-order valence-corrected chi connectivity index (χ1v) is 9.57. The summed E-state index contributed by atoms with van der Waals surface area (Å²) in [5.41, 5.74) is 1.59. The minimum atomic E-state index is -0.469. The summed E-state index contributed by atoms with van der Waals surface area (Å²) in [6, 6.07) is 11.7. The monoisotopic (exact) mass is 399 g/mol. The molecule has 0 saturated carbocycles. The average molecular weight is 399 g/mol. The van der Waals surface area contributed by atoms with Crippen molar-refractivity contribution in [2.45, 2.75) is 13.5 Å². The van der Waals surface area contributed by atoms with Gasteiger partial charge in [0.25, 0.3) is 11.6 Å². The Morgan fingerprint density at radius 2 is 1.76 bits per heavy atom. The third-order valence-electron chi connectivity index (χ3n) is 4.92. The highest BCUT2D eigenvalue weighted by molar-refractivity contribution is 5.94. The maximum Gasteiger partial charge on any atom is 0.269 e. The Balaban J connectivity index is 1.57. The highest BCUT2D eigenvalue weighted by Crippen LogP contribution is 2.28. The molecular weight excluding hydrogens is 374 g/mol. The number of hydrogen-bond acceptors (Lipinski definition) is 6. The second-order valence-corrected chi connectivity index (χ2v) is 6.79. The Labute approximate surface area is 169 Å². The van der Waals surface area contributed by atoms with Gasteiger partial charge in [0.2, 0.25) is 0 Å². The van der Waals surface area contributed by atoms with Gasteiger partial charge in [0.1, 0.15) is 0 Å². The second kappa shape index (κ2) is 9.38. The first kappa shape index (κ1) is 20.6. The molecule has 2 aromatic carbocycles. The normalized spacial score (nSPS) is 14.5. The molecule has 0 aliphatic carbocycles. The molecule has 1 aliphatic heterocycles. The smallest absolute Gasteiger partial charge is 0.269 e. The highest BCUT2D eigenvalue weighted by Gasteiger charge is 2.23. The van der Waals surface area contributed by atoms with Crippen molar-refractivity contribution in [2.75, 3.05) is 39.9 Å². The average Bonchev–Trinajstić information content (AvgIpc) is 2.74. The van der Waals surface area contributed by atoms with Crippen molar-refractivity contribution in [3.05, 3.63) is 63.7 Å². The van der Waals surface area contributed by atoms with Crippen molar-refractivity contribution in [2.24, 2.45) is 0 Å². The van der Waals surface area contributed by atoms with Gasteiger partial charge in [0.15, 0.2) is 11.5 Å². The molecule has 0 radical (unpaired) electrons. The van der Waals surface area contributed by atoms with E-state index in [1.54, 1.807) is 12.0 Å². The molecule has 0 spiro atoms. The Kier molecular flexibility index (Phi) is 6.66. The maximum atomic E-state index is 12.6. The molecular formula is C21H25N3O5. The molecule has 1 saturated heterocycles. The summed E-state index contributed by atoms with van der Waals surface area (Å²) < 4.78 is 11.0. The summed E-state index contributed by atoms with van der Waals surface area (Å²) in [5.74, 6) is 1.36. The zero-order valence-corrected chi connectivity index (χ0v) is 16.7. The van der Waals surface area contributed by atoms with Crippen LogP contribution in [0.4, 0.5) is 5.69 Å². The van der Waals surface area contributed by atoms with Crippen molar-refractivity contribution in [1.82, 2.24) is 9.80 Å². The van der Waals surface area contributed by atoms with Gasteiger partial charge in [-0.05, 0) is 36.8 Å². The molecule has 1 fully saturated rings. The van der Waals surface area contributed by atoms with Gasteiger partial charge in [-0.15, -0.1) is 0 Å². The van der Waals surface area contributed by atoms with Crippen molar-refractivity contribution < 1.29 is 19.2 Å². The minimum Gasteiger partial charge on any atom is -0.493 e. The van der Waals surface area contributed by atoms with Crippen molar-refractivity contribution in [3.8, 4) is 11.5 Å². The zero-order chi connectivity index (χ0) is 20.8. The van der Waals surface area contributed by atoms with E-state index in [0.29, 0.717) is 31.0 Å². The Morgan fingerprint density at radius 3 is 2.34 bits per heavy atom. The van der Waals surface area contributed by atoms with E-state index in [9.17, 15) is 14.9 Å². The largest absolute Gasteiger partial charge is 0.493 e. The van der Waals surface area contributed by atoms with Gasteiger partial charge in [-0.2, -0.15) is 0 Å². The fourth-order valence-electron chi connectivity index (χ4n) is 3.36. The quantitative estimate of drug-likeness (QED) is 0.526. The number of benzene rings is 2. The molecule has 2 aromatic rings. The van der Waals surface area contributed by atoms with Crippen molar-refractivity contribution >= 4 is 11.6 Å². The topological polar surface area (TPSA) is 85.2 Å². The van der Waals surface area contributed by atoms with Crippen LogP contribution in [0.2, 0.25) is 0 Å². The highest BCUT2D eigenvalue weighted by atomic mass is 16.6. The van der Waals surface area contributed by atoms with Crippen molar-refractivity contribution in [3.63, 3.8) is 0 Å². The van der Waals surface area contributed by atoms with Crippen LogP contribution >= 0.6 is 0 Å². The summed E-state index contributed by atoms with van der Waals surface area (Å²) in [5, 5.41) is 10.8. The minimum absolute atomic E-state index is 0.0164. The predicted molar refractivity (Wildman–Crippen MR) is 108 cm³/mol. The van der Waals surface area contributed by atoms with E-state index >= 15 is 0 Å². The van der Waals surface area contributed by atoms with E-state index in [2.05, 4.69) is 4.90 Å². The number of piperazine rings is 1. The SMILES string of the molecule is CCOc1cc(CN2CCN(C(=O)c3ccc([N+](=O)[O-])cc3)CC2)ccc1OC. The van der Waals surface area contributed by atoms with Crippen LogP contribution < -0.4 is 9.47 Å². The fraction of sp³-hybridized carbons (Fsp3) is 0.381. The number of ether oxygens (including phenoxy) is 2. The molecule has 0 unspecified atom stereocenters. The molecule has 0 bridgehead atoms. The summed E-state index contributed by atoms with van der Waals surface area (Å²) in [4.78, 5) is 27.0. The molecule has 0 atom stereocenters. The van der Waals surface area contributed by atoms with Gasteiger partial charge in [0, 0.05) is 50.4 Å². The third kappa shape index (κ3) is 5.03. The summed E-state index contributed by atoms with van der Waals surface area (Å²) in [6.07, 6.45) is 0. The van der Waals surface area contributed by atoms with Crippen molar-refractivity contribution in [1.29, 1.82) is 0 Å². The second-order valence-electron chi connectivity index (χ2n) is 6.79. The van der Waals surface area contributed by atoms with Crippen LogP contribution in [-0.4, -0.2) is 60.5 Å². The van der Waals surface area contributed by atoms with E-state index in [1.807, 2.05) is 25.1 Å². The molecule has 0 aromatic heterocycles. The molecule has 8 heteroatoms. The fourth-order valence-corrected chi connectivity index (χ4v) is 3.36. The van der Waals surface area contributed by atoms with Gasteiger partial charge >= 0.3 is 0 Å². The lowest BCUT2D eigenvalue weighted by Gasteiger charge is -2.34. The molecule has 8 nitrogen and oxygen atoms in total. The Morgan fingerprint density at radius 1 is 1.07 bits per heavy atom. The number of rotatable bonds is 7. The lowest BCUT2D eigenvalue weighted by molar-refractivity contribution is -0.384. The van der Waals surface area contributed by atoms with E-state index in [-0.39, 0.29) is 11.6 Å². The van der Waals surface area contributed by atoms with Gasteiger partial charge in [-0.1, -0.05) is 6.07 Å². The Bertz CT molecular complexity index is 861. The number of amides is 1. The van der Waals surface area contributed by atoms with Crippen LogP contribution in [0.15, 0.2) is 42.5 Å². The number of non-ortho nitro benzene ring substituents is 1. The van der Waals surface area contributed by atoms with Gasteiger partial charge in [0.05, 0.1) is 18.6 Å². The Hall–Kier alpha value is -3.13. The summed E-state index contributed by atoms with van der Waals surface area (Å²) >= 11 is 0. The zero-order valence-electron chi connectivity index (χ0n) is 16.7. The molecule has 0 N–H and O–H groups in total. The first-order valence-electron chi connectivity index (χ1n) is 9.57. The number of nitro benzene ring substituents is 1. The van der Waals surface area contributed by atoms with Crippen LogP contribution in [-0.2, 0) is 6.54 Å². The summed E-state index contributed by atoms with van der Waals surface area (Å²) in [6.45, 7) is 6.03. The summed E-state index contributed by atoms with van der Waals surface area (Å²) in [7, 11) is 1.62. The van der Waals surface area contributed by atoms with E-state index in [0.717, 1.165) is 30.9 Å². The molecule has 3 rings (SSSR count). The number of nitro groups is 1. The number of nitrogens with zero attached hydrogens (tertiary/aromatic N) is 3. The van der Waals surface area contributed by atoms with Crippen LogP contribution in [0.25, 0.3) is 0 Å². The standard InChI is InChI=1S/C21H25N3O5/c1-3-29-20-14-16(4-9-19(20)28-2)15-22-10-12-23(13-11-22)21(25)17-5-7-18(8-6-17)24(26)27/h4-9,14H,3,10-13,15H2,1-2H3. The molecule has 154 valence electrons. The molecule has 29 heavy (non-hydrogen) atoms. The number of hydrogen-bond donors (Lipinski definition) is 0. The maximum absolute atomic E-state index is 12.6. The van der Waals surface area contributed by atoms with Gasteiger partial charge in [-0.25, -0.2) is 0 Å². The molecule has 1 aliphatic rings. The van der Waals surface area contributed by atoms with Crippen LogP contribution in [0, 0.1) is 10.1 Å². The lowest BCUT2D eigenvalue weighted by Crippen LogP contribution is -2.48.